The molecule has 0 amide bonds. The van der Waals surface area contributed by atoms with Gasteiger partial charge in [-0.05, 0) is 6.08 Å². The molecule has 0 aromatic heterocycles. The highest BCUT2D eigenvalue weighted by Gasteiger charge is 2.23. The van der Waals surface area contributed by atoms with Crippen LogP contribution in [0.15, 0.2) is 12.2 Å². The maximum absolute atomic E-state index is 9.00. The van der Waals surface area contributed by atoms with Gasteiger partial charge in [0.05, 0.1) is 6.61 Å². The molecule has 1 rings (SSSR count). The van der Waals surface area contributed by atoms with Crippen LogP contribution in [0.3, 0.4) is 0 Å². The fourth-order valence-corrected chi connectivity index (χ4v) is 0.789. The molecule has 0 aromatic carbocycles. The van der Waals surface area contributed by atoms with Crippen LogP contribution in [-0.4, -0.2) is 40.4 Å². The van der Waals surface area contributed by atoms with Gasteiger partial charge in [0.15, 0.2) is 6.29 Å². The van der Waals surface area contributed by atoms with Crippen molar-refractivity contribution in [3.8, 4) is 0 Å². The lowest BCUT2D eigenvalue weighted by Crippen LogP contribution is -2.37. The molecule has 1 aliphatic rings. The van der Waals surface area contributed by atoms with Crippen LogP contribution < -0.4 is 0 Å². The van der Waals surface area contributed by atoms with Gasteiger partial charge in [-0.2, -0.15) is 0 Å². The molecule has 4 nitrogen and oxygen atoms in total. The Bertz CT molecular complexity index is 134. The highest BCUT2D eigenvalue weighted by Crippen LogP contribution is 2.10. The third-order valence-electron chi connectivity index (χ3n) is 1.35. The predicted octanol–water partition coefficient (Wildman–Crippen LogP) is -1.39. The van der Waals surface area contributed by atoms with E-state index in [1.54, 1.807) is 0 Å². The molecular formula is C6H10O4. The Morgan fingerprint density at radius 1 is 1.30 bits per heavy atom. The van der Waals surface area contributed by atoms with Crippen molar-refractivity contribution in [1.82, 2.24) is 0 Å². The molecule has 0 spiro atoms. The zero-order chi connectivity index (χ0) is 7.56. The summed E-state index contributed by atoms with van der Waals surface area (Å²) >= 11 is 0. The van der Waals surface area contributed by atoms with Gasteiger partial charge in [-0.15, -0.1) is 0 Å². The molecule has 0 aromatic rings. The zero-order valence-corrected chi connectivity index (χ0v) is 5.34. The maximum Gasteiger partial charge on any atom is 0.174 e. The average molecular weight is 146 g/mol. The highest BCUT2D eigenvalue weighted by atomic mass is 16.6. The largest absolute Gasteiger partial charge is 0.394 e. The van der Waals surface area contributed by atoms with E-state index in [9.17, 15) is 0 Å². The third-order valence-corrected chi connectivity index (χ3v) is 1.35. The van der Waals surface area contributed by atoms with E-state index in [2.05, 4.69) is 0 Å². The van der Waals surface area contributed by atoms with Crippen molar-refractivity contribution in [2.45, 2.75) is 18.5 Å². The number of aliphatic hydroxyl groups excluding tert-OH is 3. The van der Waals surface area contributed by atoms with Gasteiger partial charge in [-0.25, -0.2) is 0 Å². The van der Waals surface area contributed by atoms with E-state index in [4.69, 9.17) is 20.1 Å². The second kappa shape index (κ2) is 3.12. The molecule has 0 bridgehead atoms. The summed E-state index contributed by atoms with van der Waals surface area (Å²) in [5.41, 5.74) is 0. The third kappa shape index (κ3) is 1.54. The smallest absolute Gasteiger partial charge is 0.174 e. The van der Waals surface area contributed by atoms with E-state index >= 15 is 0 Å². The molecule has 0 saturated heterocycles. The summed E-state index contributed by atoms with van der Waals surface area (Å²) in [6, 6.07) is 0. The van der Waals surface area contributed by atoms with Crippen molar-refractivity contribution in [2.75, 3.05) is 6.61 Å². The molecule has 10 heavy (non-hydrogen) atoms. The molecule has 3 atom stereocenters. The van der Waals surface area contributed by atoms with Gasteiger partial charge < -0.3 is 20.1 Å². The van der Waals surface area contributed by atoms with Crippen molar-refractivity contribution >= 4 is 0 Å². The van der Waals surface area contributed by atoms with Gasteiger partial charge in [-0.3, -0.25) is 0 Å². The molecule has 0 saturated carbocycles. The van der Waals surface area contributed by atoms with Gasteiger partial charge >= 0.3 is 0 Å². The van der Waals surface area contributed by atoms with E-state index in [0.29, 0.717) is 0 Å². The Morgan fingerprint density at radius 2 is 2.00 bits per heavy atom. The predicted molar refractivity (Wildman–Crippen MR) is 33.1 cm³/mol. The number of aliphatic hydroxyl groups is 3. The summed E-state index contributed by atoms with van der Waals surface area (Å²) in [7, 11) is 0. The Balaban J connectivity index is 2.53. The first-order valence-electron chi connectivity index (χ1n) is 3.05. The molecule has 1 aliphatic heterocycles. The highest BCUT2D eigenvalue weighted by molar-refractivity contribution is 4.98. The minimum atomic E-state index is -0.999. The monoisotopic (exact) mass is 146 g/mol. The summed E-state index contributed by atoms with van der Waals surface area (Å²) in [6.45, 7) is -0.289. The quantitative estimate of drug-likeness (QED) is 0.398. The van der Waals surface area contributed by atoms with Crippen LogP contribution in [0.2, 0.25) is 0 Å². The van der Waals surface area contributed by atoms with E-state index < -0.39 is 18.5 Å². The van der Waals surface area contributed by atoms with Crippen molar-refractivity contribution < 1.29 is 20.1 Å². The second-order valence-corrected chi connectivity index (χ2v) is 2.12. The van der Waals surface area contributed by atoms with Gasteiger partial charge in [0, 0.05) is 0 Å². The Kier molecular flexibility index (Phi) is 2.39. The zero-order valence-electron chi connectivity index (χ0n) is 5.34. The normalized spacial score (nSPS) is 40.1. The van der Waals surface area contributed by atoms with Gasteiger partial charge in [0.25, 0.3) is 0 Å². The SMILES string of the molecule is OCC1OC(O)C=CC1O. The van der Waals surface area contributed by atoms with Crippen LogP contribution in [0.4, 0.5) is 0 Å². The van der Waals surface area contributed by atoms with E-state index in [-0.39, 0.29) is 6.61 Å². The molecule has 58 valence electrons. The summed E-state index contributed by atoms with van der Waals surface area (Å²) < 4.78 is 4.72. The molecule has 3 unspecified atom stereocenters. The molecule has 3 N–H and O–H groups in total. The van der Waals surface area contributed by atoms with Crippen molar-refractivity contribution in [1.29, 1.82) is 0 Å². The van der Waals surface area contributed by atoms with Crippen LogP contribution in [0.5, 0.6) is 0 Å². The standard InChI is InChI=1S/C6H10O4/c7-3-5-4(8)1-2-6(9)10-5/h1-2,4-9H,3H2. The van der Waals surface area contributed by atoms with Crippen LogP contribution in [-0.2, 0) is 4.74 Å². The minimum absolute atomic E-state index is 0.289. The number of hydrogen-bond donors (Lipinski definition) is 3. The summed E-state index contributed by atoms with van der Waals surface area (Å²) in [5.74, 6) is 0. The second-order valence-electron chi connectivity index (χ2n) is 2.12. The number of ether oxygens (including phenoxy) is 1. The number of hydrogen-bond acceptors (Lipinski definition) is 4. The number of rotatable bonds is 1. The first kappa shape index (κ1) is 7.68. The maximum atomic E-state index is 9.00. The Labute approximate surface area is 58.4 Å². The fraction of sp³-hybridized carbons (Fsp3) is 0.667. The first-order chi connectivity index (χ1) is 4.74. The van der Waals surface area contributed by atoms with Gasteiger partial charge in [0.1, 0.15) is 12.2 Å². The fourth-order valence-electron chi connectivity index (χ4n) is 0.789. The van der Waals surface area contributed by atoms with E-state index in [1.165, 1.54) is 12.2 Å². The molecule has 0 radical (unpaired) electrons. The minimum Gasteiger partial charge on any atom is -0.394 e. The van der Waals surface area contributed by atoms with Crippen LogP contribution in [0, 0.1) is 0 Å². The summed E-state index contributed by atoms with van der Waals surface area (Å²) in [4.78, 5) is 0. The average Bonchev–Trinajstić information content (AvgIpc) is 1.94. The van der Waals surface area contributed by atoms with Crippen LogP contribution in [0.25, 0.3) is 0 Å². The lowest BCUT2D eigenvalue weighted by atomic mass is 10.1. The molecule has 4 heteroatoms. The molecule has 0 fully saturated rings. The van der Waals surface area contributed by atoms with Crippen molar-refractivity contribution in [3.63, 3.8) is 0 Å². The van der Waals surface area contributed by atoms with Crippen LogP contribution >= 0.6 is 0 Å². The van der Waals surface area contributed by atoms with Gasteiger partial charge in [0.2, 0.25) is 0 Å². The topological polar surface area (TPSA) is 69.9 Å². The van der Waals surface area contributed by atoms with Crippen molar-refractivity contribution in [2.24, 2.45) is 0 Å². The molecule has 1 heterocycles. The lowest BCUT2D eigenvalue weighted by molar-refractivity contribution is -0.154. The Morgan fingerprint density at radius 3 is 2.50 bits per heavy atom. The lowest BCUT2D eigenvalue weighted by Gasteiger charge is -2.24. The molecule has 0 aliphatic carbocycles. The van der Waals surface area contributed by atoms with Crippen LogP contribution in [0.1, 0.15) is 0 Å². The van der Waals surface area contributed by atoms with Gasteiger partial charge in [-0.1, -0.05) is 6.08 Å². The van der Waals surface area contributed by atoms with E-state index in [1.807, 2.05) is 0 Å². The summed E-state index contributed by atoms with van der Waals surface area (Å²) in [6.07, 6.45) is 0.222. The Hall–Kier alpha value is -0.420. The summed E-state index contributed by atoms with van der Waals surface area (Å²) in [5, 5.41) is 26.4. The molecular weight excluding hydrogens is 136 g/mol. The van der Waals surface area contributed by atoms with Crippen molar-refractivity contribution in [3.05, 3.63) is 12.2 Å². The van der Waals surface area contributed by atoms with E-state index in [0.717, 1.165) is 0 Å². The first-order valence-corrected chi connectivity index (χ1v) is 3.05.